The summed E-state index contributed by atoms with van der Waals surface area (Å²) >= 11 is 0.505. The first-order valence-electron chi connectivity index (χ1n) is 5.01. The minimum Gasteiger partial charge on any atom is -0.359 e. The third kappa shape index (κ3) is 5.33. The van der Waals surface area contributed by atoms with E-state index in [4.69, 9.17) is 0 Å². The topological polar surface area (TPSA) is 51.2 Å². The number of amides is 1. The van der Waals surface area contributed by atoms with Crippen LogP contribution in [0.4, 0.5) is 31.5 Å². The summed E-state index contributed by atoms with van der Waals surface area (Å²) in [5.41, 5.74) is -1.19. The molecule has 1 rings (SSSR count). The summed E-state index contributed by atoms with van der Waals surface area (Å²) in [6.07, 6.45) is -10.7. The molecule has 1 aromatic heterocycles. The van der Waals surface area contributed by atoms with Gasteiger partial charge in [-0.3, -0.25) is 10.1 Å². The van der Waals surface area contributed by atoms with Gasteiger partial charge in [0.2, 0.25) is 0 Å². The molecule has 1 atom stereocenters. The average molecular weight is 322 g/mol. The van der Waals surface area contributed by atoms with Gasteiger partial charge in [0.1, 0.15) is 12.7 Å². The summed E-state index contributed by atoms with van der Waals surface area (Å²) in [7, 11) is 0. The van der Waals surface area contributed by atoms with Crippen molar-refractivity contribution in [3.8, 4) is 0 Å². The van der Waals surface area contributed by atoms with E-state index >= 15 is 0 Å². The minimum absolute atomic E-state index is 0.371. The molecule has 1 amide bonds. The third-order valence-electron chi connectivity index (χ3n) is 1.89. The lowest BCUT2D eigenvalue weighted by Gasteiger charge is -2.13. The van der Waals surface area contributed by atoms with Gasteiger partial charge in [-0.15, -0.1) is 11.3 Å². The van der Waals surface area contributed by atoms with E-state index in [0.29, 0.717) is 16.7 Å². The number of alkyl halides is 6. The quantitative estimate of drug-likeness (QED) is 0.867. The number of nitrogens with zero attached hydrogens (tertiary/aromatic N) is 1. The molecule has 0 saturated carbocycles. The fourth-order valence-electron chi connectivity index (χ4n) is 0.964. The van der Waals surface area contributed by atoms with Gasteiger partial charge in [-0.2, -0.15) is 26.3 Å². The molecular formula is C9H8F6N2O2S. The largest absolute Gasteiger partial charge is 0.434 e. The highest BCUT2D eigenvalue weighted by molar-refractivity contribution is 7.13. The Balaban J connectivity index is 2.56. The zero-order chi connectivity index (χ0) is 15.6. The molecule has 0 saturated heterocycles. The van der Waals surface area contributed by atoms with Crippen LogP contribution in [0.3, 0.4) is 0 Å². The van der Waals surface area contributed by atoms with Gasteiger partial charge in [0, 0.05) is 5.38 Å². The maximum atomic E-state index is 12.2. The molecule has 0 bridgehead atoms. The maximum absolute atomic E-state index is 12.2. The molecule has 1 aromatic rings. The van der Waals surface area contributed by atoms with E-state index in [9.17, 15) is 31.1 Å². The van der Waals surface area contributed by atoms with Crippen molar-refractivity contribution in [2.24, 2.45) is 0 Å². The summed E-state index contributed by atoms with van der Waals surface area (Å²) in [5.74, 6) is -1.02. The van der Waals surface area contributed by atoms with Crippen LogP contribution in [0, 0.1) is 0 Å². The van der Waals surface area contributed by atoms with Gasteiger partial charge in [-0.25, -0.2) is 4.98 Å². The number of nitrogens with one attached hydrogen (secondary N) is 1. The lowest BCUT2D eigenvalue weighted by molar-refractivity contribution is -0.184. The molecule has 1 unspecified atom stereocenters. The minimum atomic E-state index is -4.65. The highest BCUT2D eigenvalue weighted by atomic mass is 32.1. The van der Waals surface area contributed by atoms with E-state index in [1.54, 1.807) is 0 Å². The molecule has 11 heteroatoms. The lowest BCUT2D eigenvalue weighted by atomic mass is 10.4. The Kier molecular flexibility index (Phi) is 4.97. The average Bonchev–Trinajstić information content (AvgIpc) is 2.72. The molecule has 0 aliphatic heterocycles. The number of carbonyl (C=O) groups is 1. The van der Waals surface area contributed by atoms with Crippen LogP contribution in [0.5, 0.6) is 0 Å². The molecule has 0 aliphatic rings. The van der Waals surface area contributed by atoms with Crippen molar-refractivity contribution in [1.82, 2.24) is 4.98 Å². The Morgan fingerprint density at radius 3 is 2.45 bits per heavy atom. The van der Waals surface area contributed by atoms with Crippen molar-refractivity contribution >= 4 is 22.4 Å². The molecule has 0 aliphatic carbocycles. The Morgan fingerprint density at radius 1 is 1.40 bits per heavy atom. The zero-order valence-electron chi connectivity index (χ0n) is 9.80. The predicted octanol–water partition coefficient (Wildman–Crippen LogP) is 3.07. The Bertz CT molecular complexity index is 470. The molecule has 0 fully saturated rings. The van der Waals surface area contributed by atoms with Crippen molar-refractivity contribution in [1.29, 1.82) is 0 Å². The molecule has 1 heterocycles. The van der Waals surface area contributed by atoms with E-state index < -0.39 is 36.7 Å². The van der Waals surface area contributed by atoms with Gasteiger partial charge in [0.25, 0.3) is 5.91 Å². The Morgan fingerprint density at radius 2 is 2.00 bits per heavy atom. The van der Waals surface area contributed by atoms with Crippen LogP contribution < -0.4 is 5.32 Å². The third-order valence-corrected chi connectivity index (χ3v) is 2.65. The van der Waals surface area contributed by atoms with Crippen molar-refractivity contribution < 1.29 is 35.9 Å². The van der Waals surface area contributed by atoms with Crippen LogP contribution in [-0.4, -0.2) is 29.8 Å². The Labute approximate surface area is 112 Å². The van der Waals surface area contributed by atoms with Gasteiger partial charge in [-0.05, 0) is 6.92 Å². The molecule has 0 radical (unpaired) electrons. The van der Waals surface area contributed by atoms with E-state index in [1.807, 2.05) is 5.32 Å². The molecule has 0 aromatic carbocycles. The van der Waals surface area contributed by atoms with E-state index in [2.05, 4.69) is 9.72 Å². The standard InChI is InChI=1S/C9H8F6N2O2S/c1-4(19-3-8(10,11)12)6(18)17-7-16-5(2-20-7)9(13,14)15/h2,4H,3H2,1H3,(H,16,17,18). The number of anilines is 1. The van der Waals surface area contributed by atoms with Crippen LogP contribution in [0.15, 0.2) is 5.38 Å². The summed E-state index contributed by atoms with van der Waals surface area (Å²) in [5, 5.41) is 2.25. The van der Waals surface area contributed by atoms with Crippen molar-refractivity contribution in [3.05, 3.63) is 11.1 Å². The highest BCUT2D eigenvalue weighted by Gasteiger charge is 2.34. The summed E-state index contributed by atoms with van der Waals surface area (Å²) in [4.78, 5) is 14.5. The SMILES string of the molecule is CC(OCC(F)(F)F)C(=O)Nc1nc(C(F)(F)F)cs1. The van der Waals surface area contributed by atoms with Crippen molar-refractivity contribution in [3.63, 3.8) is 0 Å². The summed E-state index contributed by atoms with van der Waals surface area (Å²) in [6.45, 7) is -0.591. The summed E-state index contributed by atoms with van der Waals surface area (Å²) < 4.78 is 76.5. The van der Waals surface area contributed by atoms with Crippen molar-refractivity contribution in [2.45, 2.75) is 25.4 Å². The number of carbonyl (C=O) groups excluding carboxylic acids is 1. The molecule has 20 heavy (non-hydrogen) atoms. The fraction of sp³-hybridized carbons (Fsp3) is 0.556. The van der Waals surface area contributed by atoms with E-state index in [1.165, 1.54) is 0 Å². The van der Waals surface area contributed by atoms with Crippen LogP contribution >= 0.6 is 11.3 Å². The second kappa shape index (κ2) is 5.95. The number of ether oxygens (including phenoxy) is 1. The first-order valence-corrected chi connectivity index (χ1v) is 5.89. The second-order valence-corrected chi connectivity index (χ2v) is 4.45. The number of hydrogen-bond donors (Lipinski definition) is 1. The van der Waals surface area contributed by atoms with Gasteiger partial charge in [0.05, 0.1) is 0 Å². The number of hydrogen-bond acceptors (Lipinski definition) is 4. The van der Waals surface area contributed by atoms with Crippen LogP contribution in [0.25, 0.3) is 0 Å². The number of rotatable bonds is 4. The second-order valence-electron chi connectivity index (χ2n) is 3.59. The van der Waals surface area contributed by atoms with Crippen LogP contribution in [0.1, 0.15) is 12.6 Å². The van der Waals surface area contributed by atoms with Crippen LogP contribution in [-0.2, 0) is 15.7 Å². The smallest absolute Gasteiger partial charge is 0.359 e. The zero-order valence-corrected chi connectivity index (χ0v) is 10.6. The van der Waals surface area contributed by atoms with Gasteiger partial charge < -0.3 is 4.74 Å². The first kappa shape index (κ1) is 16.7. The van der Waals surface area contributed by atoms with Crippen LogP contribution in [0.2, 0.25) is 0 Å². The lowest BCUT2D eigenvalue weighted by Crippen LogP contribution is -2.31. The fourth-order valence-corrected chi connectivity index (χ4v) is 1.68. The molecule has 4 nitrogen and oxygen atoms in total. The van der Waals surface area contributed by atoms with E-state index in [0.717, 1.165) is 6.92 Å². The summed E-state index contributed by atoms with van der Waals surface area (Å²) in [6, 6.07) is 0. The number of halogens is 6. The predicted molar refractivity (Wildman–Crippen MR) is 57.2 cm³/mol. The highest BCUT2D eigenvalue weighted by Crippen LogP contribution is 2.31. The number of thiazole rings is 1. The molecular weight excluding hydrogens is 314 g/mol. The number of aromatic nitrogens is 1. The van der Waals surface area contributed by atoms with Gasteiger partial charge in [-0.1, -0.05) is 0 Å². The van der Waals surface area contributed by atoms with Gasteiger partial charge >= 0.3 is 12.4 Å². The Hall–Kier alpha value is -1.36. The van der Waals surface area contributed by atoms with Crippen molar-refractivity contribution in [2.75, 3.05) is 11.9 Å². The van der Waals surface area contributed by atoms with E-state index in [-0.39, 0.29) is 5.13 Å². The maximum Gasteiger partial charge on any atom is 0.434 e. The first-order chi connectivity index (χ1) is 8.99. The normalized spacial score (nSPS) is 14.2. The molecule has 0 spiro atoms. The van der Waals surface area contributed by atoms with Gasteiger partial charge in [0.15, 0.2) is 10.8 Å². The molecule has 1 N–H and O–H groups in total. The monoisotopic (exact) mass is 322 g/mol. The molecule has 114 valence electrons.